The number of allylic oxidation sites excluding steroid dienone is 4. The molecule has 5 aliphatic rings. The second kappa shape index (κ2) is 13.7. The highest BCUT2D eigenvalue weighted by Crippen LogP contribution is 2.72. The zero-order valence-corrected chi connectivity index (χ0v) is 30.3. The van der Waals surface area contributed by atoms with E-state index in [-0.39, 0.29) is 43.2 Å². The minimum atomic E-state index is -2.10. The number of aliphatic hydroxyl groups is 1. The summed E-state index contributed by atoms with van der Waals surface area (Å²) in [6.45, 7) is 6.01. The molecule has 8 atom stereocenters. The van der Waals surface area contributed by atoms with Gasteiger partial charge in [0.2, 0.25) is 5.78 Å². The first-order valence-corrected chi connectivity index (χ1v) is 17.6. The van der Waals surface area contributed by atoms with Crippen LogP contribution in [0.2, 0.25) is 0 Å². The Labute approximate surface area is 305 Å². The summed E-state index contributed by atoms with van der Waals surface area (Å²) in [4.78, 5) is 66.0. The Kier molecular flexibility index (Phi) is 9.92. The summed E-state index contributed by atoms with van der Waals surface area (Å²) in [6.07, 6.45) is 5.61. The predicted octanol–water partition coefficient (Wildman–Crippen LogP) is 4.59. The number of hydrogen-bond donors (Lipinski definition) is 1. The van der Waals surface area contributed by atoms with Gasteiger partial charge in [0.1, 0.15) is 0 Å². The number of ether oxygens (including phenoxy) is 5. The van der Waals surface area contributed by atoms with Crippen LogP contribution in [0.1, 0.15) is 71.8 Å². The average molecular weight is 742 g/mol. The molecule has 1 aromatic rings. The van der Waals surface area contributed by atoms with Gasteiger partial charge >= 0.3 is 11.9 Å². The normalized spacial score (nSPS) is 35.0. The van der Waals surface area contributed by atoms with Crippen molar-refractivity contribution in [3.63, 3.8) is 0 Å². The number of aliphatic hydroxyl groups excluding tert-OH is 1. The summed E-state index contributed by atoms with van der Waals surface area (Å²) >= 11 is 0. The highest BCUT2D eigenvalue weighted by molar-refractivity contribution is 6.01. The number of rotatable bonds is 12. The number of benzene rings is 1. The monoisotopic (exact) mass is 741 g/mol. The third-order valence-corrected chi connectivity index (χ3v) is 11.9. The van der Waals surface area contributed by atoms with E-state index in [4.69, 9.17) is 23.7 Å². The molecule has 286 valence electrons. The van der Waals surface area contributed by atoms with Crippen molar-refractivity contribution in [1.29, 1.82) is 0 Å². The van der Waals surface area contributed by atoms with Crippen LogP contribution in [0.25, 0.3) is 6.08 Å². The highest BCUT2D eigenvalue weighted by atomic mass is 19.1. The van der Waals surface area contributed by atoms with Crippen LogP contribution in [0.15, 0.2) is 48.1 Å². The maximum absolute atomic E-state index is 17.7. The molecule has 1 unspecified atom stereocenters. The van der Waals surface area contributed by atoms with Crippen molar-refractivity contribution in [2.24, 2.45) is 22.7 Å². The summed E-state index contributed by atoms with van der Waals surface area (Å²) in [5.74, 6) is -4.26. The molecule has 1 heterocycles. The smallest absolute Gasteiger partial charge is 0.331 e. The Morgan fingerprint density at radius 3 is 2.62 bits per heavy atom. The standard InChI is InChI=1S/C38H44FNO13/c1-34(2)52-31-19-26-25-11-10-23-18-24(41)14-15-35(23,3)37(25,39)29(42)20-36(26,4)38(31,53-34)30(43)21-49-32(44)13-9-22-8-12-27(28(17-22)48-5)51-33(45)7-6-16-50-40(46)47/h8-9,12-15,17-18,25-26,29,31,42H,6-7,10-11,16,19-21H2,1-5H3/t25?,26-,29-,31+,35-,36-,37-,38+/m0/s1. The van der Waals surface area contributed by atoms with Gasteiger partial charge in [0.05, 0.1) is 25.9 Å². The molecule has 1 saturated heterocycles. The van der Waals surface area contributed by atoms with Gasteiger partial charge in [-0.05, 0) is 94.7 Å². The fourth-order valence-electron chi connectivity index (χ4n) is 9.67. The minimum Gasteiger partial charge on any atom is -0.493 e. The van der Waals surface area contributed by atoms with E-state index in [9.17, 15) is 34.4 Å². The van der Waals surface area contributed by atoms with Crippen LogP contribution >= 0.6 is 0 Å². The number of carbonyl (C=O) groups is 4. The zero-order chi connectivity index (χ0) is 38.6. The van der Waals surface area contributed by atoms with Crippen LogP contribution < -0.4 is 9.47 Å². The van der Waals surface area contributed by atoms with Crippen molar-refractivity contribution in [2.45, 2.75) is 95.5 Å². The first kappa shape index (κ1) is 38.3. The first-order valence-electron chi connectivity index (χ1n) is 17.6. The van der Waals surface area contributed by atoms with Crippen LogP contribution in [0.3, 0.4) is 0 Å². The predicted molar refractivity (Wildman–Crippen MR) is 182 cm³/mol. The first-order chi connectivity index (χ1) is 24.9. The van der Waals surface area contributed by atoms with E-state index in [1.807, 2.05) is 6.92 Å². The third kappa shape index (κ3) is 6.35. The Bertz CT molecular complexity index is 1800. The molecule has 0 aromatic heterocycles. The molecule has 0 amide bonds. The van der Waals surface area contributed by atoms with E-state index < -0.39 is 81.3 Å². The number of ketones is 2. The molecule has 0 spiro atoms. The number of hydrogen-bond acceptors (Lipinski definition) is 13. The van der Waals surface area contributed by atoms with Crippen molar-refractivity contribution in [2.75, 3.05) is 20.3 Å². The highest BCUT2D eigenvalue weighted by Gasteiger charge is 2.80. The maximum atomic E-state index is 17.7. The van der Waals surface area contributed by atoms with Crippen molar-refractivity contribution < 1.29 is 62.3 Å². The minimum absolute atomic E-state index is 0.0762. The van der Waals surface area contributed by atoms with Gasteiger partial charge in [0.15, 0.2) is 40.9 Å². The van der Waals surface area contributed by atoms with Gasteiger partial charge in [0.25, 0.3) is 5.09 Å². The largest absolute Gasteiger partial charge is 0.493 e. The number of carbonyl (C=O) groups excluding carboxylic acids is 4. The fraction of sp³-hybridized carbons (Fsp3) is 0.579. The maximum Gasteiger partial charge on any atom is 0.331 e. The van der Waals surface area contributed by atoms with Crippen LogP contribution in [0, 0.1) is 32.8 Å². The lowest BCUT2D eigenvalue weighted by Gasteiger charge is -2.62. The van der Waals surface area contributed by atoms with E-state index in [2.05, 4.69) is 4.84 Å². The lowest BCUT2D eigenvalue weighted by Crippen LogP contribution is -2.70. The Balaban J connectivity index is 1.15. The van der Waals surface area contributed by atoms with E-state index in [1.54, 1.807) is 32.9 Å². The van der Waals surface area contributed by atoms with Gasteiger partial charge in [0, 0.05) is 29.2 Å². The molecule has 53 heavy (non-hydrogen) atoms. The molecule has 6 rings (SSSR count). The number of fused-ring (bicyclic) bond motifs is 7. The molecule has 3 saturated carbocycles. The lowest BCUT2D eigenvalue weighted by atomic mass is 9.44. The van der Waals surface area contributed by atoms with Gasteiger partial charge < -0.3 is 33.6 Å². The SMILES string of the molecule is COc1cc(C=CC(=O)OCC(=O)[C@@]23OC(C)(C)O[C@@H]2C[C@H]2C4CCC5=CC(=O)C=C[C@]5(C)[C@@]4(F)[C@@H](O)C[C@@]23C)ccc1OC(=O)CCCO[N+](=O)[O-]. The quantitative estimate of drug-likeness (QED) is 0.0784. The summed E-state index contributed by atoms with van der Waals surface area (Å²) in [6, 6.07) is 4.51. The van der Waals surface area contributed by atoms with Crippen LogP contribution in [0.5, 0.6) is 11.5 Å². The Morgan fingerprint density at radius 1 is 1.15 bits per heavy atom. The number of alkyl halides is 1. The van der Waals surface area contributed by atoms with Crippen molar-refractivity contribution in [3.05, 3.63) is 63.8 Å². The number of esters is 2. The number of halogens is 1. The van der Waals surface area contributed by atoms with Crippen LogP contribution in [-0.2, 0) is 38.2 Å². The Hall–Kier alpha value is -4.47. The second-order valence-electron chi connectivity index (χ2n) is 15.3. The van der Waals surface area contributed by atoms with E-state index >= 15 is 4.39 Å². The molecule has 4 aliphatic carbocycles. The zero-order valence-electron chi connectivity index (χ0n) is 30.3. The molecule has 0 radical (unpaired) electrons. The molecular weight excluding hydrogens is 697 g/mol. The third-order valence-electron chi connectivity index (χ3n) is 11.9. The van der Waals surface area contributed by atoms with Crippen LogP contribution in [0.4, 0.5) is 4.39 Å². The summed E-state index contributed by atoms with van der Waals surface area (Å²) < 4.78 is 46.5. The van der Waals surface area contributed by atoms with Crippen molar-refractivity contribution in [3.8, 4) is 11.5 Å². The van der Waals surface area contributed by atoms with Crippen molar-refractivity contribution >= 4 is 29.6 Å². The van der Waals surface area contributed by atoms with E-state index in [1.165, 1.54) is 37.5 Å². The fourth-order valence-corrected chi connectivity index (χ4v) is 9.67. The summed E-state index contributed by atoms with van der Waals surface area (Å²) in [5, 5.41) is 21.1. The van der Waals surface area contributed by atoms with Gasteiger partial charge in [-0.3, -0.25) is 14.4 Å². The lowest BCUT2D eigenvalue weighted by molar-refractivity contribution is -0.757. The molecule has 15 heteroatoms. The molecule has 1 aromatic carbocycles. The second-order valence-corrected chi connectivity index (χ2v) is 15.3. The summed E-state index contributed by atoms with van der Waals surface area (Å²) in [5.41, 5.74) is -4.89. The van der Waals surface area contributed by atoms with Gasteiger partial charge in [-0.2, -0.15) is 0 Å². The van der Waals surface area contributed by atoms with Crippen molar-refractivity contribution in [1.82, 2.24) is 0 Å². The number of nitrogens with zero attached hydrogens (tertiary/aromatic N) is 1. The Morgan fingerprint density at radius 2 is 1.91 bits per heavy atom. The average Bonchev–Trinajstić information content (AvgIpc) is 3.51. The number of methoxy groups -OCH3 is 1. The van der Waals surface area contributed by atoms with E-state index in [0.717, 1.165) is 6.08 Å². The van der Waals surface area contributed by atoms with Gasteiger partial charge in [-0.15, -0.1) is 10.1 Å². The summed E-state index contributed by atoms with van der Waals surface area (Å²) in [7, 11) is 1.36. The topological polar surface area (TPSA) is 187 Å². The molecule has 4 fully saturated rings. The number of Topliss-reactive ketones (excluding diaryl/α,β-unsaturated/α-hetero) is 1. The molecule has 14 nitrogen and oxygen atoms in total. The van der Waals surface area contributed by atoms with Crippen LogP contribution in [-0.4, -0.2) is 83.3 Å². The van der Waals surface area contributed by atoms with Gasteiger partial charge in [-0.25, -0.2) is 9.18 Å². The molecule has 1 N–H and O–H groups in total. The molecular formula is C38H44FNO13. The molecule has 1 aliphatic heterocycles. The van der Waals surface area contributed by atoms with E-state index in [0.29, 0.717) is 30.4 Å². The van der Waals surface area contributed by atoms with Gasteiger partial charge in [-0.1, -0.05) is 24.6 Å². The molecule has 0 bridgehead atoms.